The summed E-state index contributed by atoms with van der Waals surface area (Å²) in [5.41, 5.74) is 1.54. The molecule has 6 heteroatoms. The van der Waals surface area contributed by atoms with Crippen LogP contribution in [0.15, 0.2) is 42.5 Å². The van der Waals surface area contributed by atoms with E-state index in [9.17, 15) is 4.79 Å². The van der Waals surface area contributed by atoms with Gasteiger partial charge in [-0.1, -0.05) is 40.5 Å². The largest absolute Gasteiger partial charge is 0.281 e. The first-order valence-electron chi connectivity index (χ1n) is 5.47. The average Bonchev–Trinajstić information content (AvgIpc) is 2.81. The number of carbonyl (C=O) groups excluding carboxylic acids is 1. The summed E-state index contributed by atoms with van der Waals surface area (Å²) in [6, 6.07) is 11.8. The van der Waals surface area contributed by atoms with E-state index < -0.39 is 0 Å². The van der Waals surface area contributed by atoms with Gasteiger partial charge in [-0.15, -0.1) is 5.10 Å². The van der Waals surface area contributed by atoms with Crippen LogP contribution in [0.4, 0.5) is 0 Å². The molecule has 0 aliphatic carbocycles. The smallest absolute Gasteiger partial charge is 0.267 e. The maximum Gasteiger partial charge on any atom is 0.281 e. The second-order valence-electron chi connectivity index (χ2n) is 3.92. The molecular formula is C13H7Cl2N3O. The van der Waals surface area contributed by atoms with Crippen molar-refractivity contribution in [2.45, 2.75) is 0 Å². The first kappa shape index (κ1) is 12.1. The molecule has 1 aromatic heterocycles. The normalized spacial score (nSPS) is 10.8. The maximum atomic E-state index is 12.4. The van der Waals surface area contributed by atoms with Crippen molar-refractivity contribution in [2.75, 3.05) is 0 Å². The molecule has 0 aliphatic heterocycles. The first-order chi connectivity index (χ1) is 9.16. The molecule has 3 rings (SSSR count). The third-order valence-corrected chi connectivity index (χ3v) is 3.27. The molecule has 0 N–H and O–H groups in total. The number of hydrogen-bond donors (Lipinski definition) is 0. The number of hydrogen-bond acceptors (Lipinski definition) is 3. The predicted octanol–water partition coefficient (Wildman–Crippen LogP) is 3.43. The highest BCUT2D eigenvalue weighted by atomic mass is 35.5. The van der Waals surface area contributed by atoms with Gasteiger partial charge in [0.25, 0.3) is 5.91 Å². The van der Waals surface area contributed by atoms with Crippen LogP contribution in [0.25, 0.3) is 11.0 Å². The fourth-order valence-corrected chi connectivity index (χ4v) is 2.18. The van der Waals surface area contributed by atoms with Gasteiger partial charge < -0.3 is 0 Å². The van der Waals surface area contributed by atoms with Crippen molar-refractivity contribution >= 4 is 40.1 Å². The Balaban J connectivity index is 2.15. The van der Waals surface area contributed by atoms with Gasteiger partial charge in [-0.2, -0.15) is 4.68 Å². The summed E-state index contributed by atoms with van der Waals surface area (Å²) in [7, 11) is 0. The molecule has 1 heterocycles. The van der Waals surface area contributed by atoms with Crippen LogP contribution in [0.3, 0.4) is 0 Å². The number of aromatic nitrogens is 3. The molecule has 19 heavy (non-hydrogen) atoms. The van der Waals surface area contributed by atoms with Crippen molar-refractivity contribution in [3.8, 4) is 0 Å². The lowest BCUT2D eigenvalue weighted by Gasteiger charge is -2.03. The van der Waals surface area contributed by atoms with E-state index in [-0.39, 0.29) is 5.91 Å². The zero-order chi connectivity index (χ0) is 13.4. The minimum atomic E-state index is -0.324. The SMILES string of the molecule is O=C(c1ccccc1Cl)n1nnc2cc(Cl)ccc21. The molecule has 94 valence electrons. The van der Waals surface area contributed by atoms with E-state index in [0.29, 0.717) is 26.6 Å². The lowest BCUT2D eigenvalue weighted by atomic mass is 10.2. The molecule has 0 aliphatic rings. The van der Waals surface area contributed by atoms with Gasteiger partial charge in [0.15, 0.2) is 0 Å². The summed E-state index contributed by atoms with van der Waals surface area (Å²) in [5, 5.41) is 8.70. The van der Waals surface area contributed by atoms with Gasteiger partial charge in [0, 0.05) is 5.02 Å². The average molecular weight is 292 g/mol. The maximum absolute atomic E-state index is 12.4. The standard InChI is InChI=1S/C13H7Cl2N3O/c14-8-5-6-12-11(7-8)16-17-18(12)13(19)9-3-1-2-4-10(9)15/h1-7H. The van der Waals surface area contributed by atoms with Crippen LogP contribution >= 0.6 is 23.2 Å². The molecule has 0 saturated carbocycles. The second-order valence-corrected chi connectivity index (χ2v) is 4.76. The van der Waals surface area contributed by atoms with Crippen LogP contribution < -0.4 is 0 Å². The lowest BCUT2D eigenvalue weighted by Crippen LogP contribution is -2.14. The van der Waals surface area contributed by atoms with Gasteiger partial charge in [-0.05, 0) is 30.3 Å². The molecule has 0 fully saturated rings. The highest BCUT2D eigenvalue weighted by Crippen LogP contribution is 2.20. The number of benzene rings is 2. The molecule has 0 saturated heterocycles. The third kappa shape index (κ3) is 2.09. The highest BCUT2D eigenvalue weighted by molar-refractivity contribution is 6.34. The Morgan fingerprint density at radius 2 is 1.89 bits per heavy atom. The molecule has 2 aromatic carbocycles. The van der Waals surface area contributed by atoms with Gasteiger partial charge >= 0.3 is 0 Å². The number of halogens is 2. The molecule has 0 unspecified atom stereocenters. The highest BCUT2D eigenvalue weighted by Gasteiger charge is 2.16. The third-order valence-electron chi connectivity index (χ3n) is 2.70. The minimum Gasteiger partial charge on any atom is -0.267 e. The summed E-state index contributed by atoms with van der Waals surface area (Å²) in [6.07, 6.45) is 0. The Hall–Kier alpha value is -1.91. The number of fused-ring (bicyclic) bond motifs is 1. The first-order valence-corrected chi connectivity index (χ1v) is 6.22. The zero-order valence-electron chi connectivity index (χ0n) is 9.55. The van der Waals surface area contributed by atoms with Crippen LogP contribution in [-0.2, 0) is 0 Å². The molecule has 0 amide bonds. The molecule has 0 bridgehead atoms. The van der Waals surface area contributed by atoms with Gasteiger partial charge in [0.2, 0.25) is 0 Å². The van der Waals surface area contributed by atoms with E-state index in [1.807, 2.05) is 0 Å². The Labute approximate surface area is 118 Å². The molecule has 3 aromatic rings. The van der Waals surface area contributed by atoms with E-state index in [4.69, 9.17) is 23.2 Å². The van der Waals surface area contributed by atoms with Crippen LogP contribution in [-0.4, -0.2) is 20.9 Å². The van der Waals surface area contributed by atoms with Crippen LogP contribution in [0.2, 0.25) is 10.0 Å². The molecule has 0 radical (unpaired) electrons. The number of carbonyl (C=O) groups is 1. The molecule has 0 spiro atoms. The fraction of sp³-hybridized carbons (Fsp3) is 0. The van der Waals surface area contributed by atoms with Crippen LogP contribution in [0.5, 0.6) is 0 Å². The topological polar surface area (TPSA) is 47.8 Å². The number of rotatable bonds is 1. The summed E-state index contributed by atoms with van der Waals surface area (Å²) in [6.45, 7) is 0. The summed E-state index contributed by atoms with van der Waals surface area (Å²) < 4.78 is 1.22. The molecule has 0 atom stereocenters. The summed E-state index contributed by atoms with van der Waals surface area (Å²) >= 11 is 11.9. The predicted molar refractivity (Wildman–Crippen MR) is 73.7 cm³/mol. The van der Waals surface area contributed by atoms with Crippen molar-refractivity contribution in [3.63, 3.8) is 0 Å². The summed E-state index contributed by atoms with van der Waals surface area (Å²) in [5.74, 6) is -0.324. The van der Waals surface area contributed by atoms with E-state index in [2.05, 4.69) is 10.3 Å². The van der Waals surface area contributed by atoms with Crippen molar-refractivity contribution in [1.82, 2.24) is 15.0 Å². The van der Waals surface area contributed by atoms with Gasteiger partial charge in [0.1, 0.15) is 5.52 Å². The second kappa shape index (κ2) is 4.64. The summed E-state index contributed by atoms with van der Waals surface area (Å²) in [4.78, 5) is 12.4. The number of nitrogens with zero attached hydrogens (tertiary/aromatic N) is 3. The molecular weight excluding hydrogens is 285 g/mol. The van der Waals surface area contributed by atoms with Crippen LogP contribution in [0.1, 0.15) is 10.4 Å². The monoisotopic (exact) mass is 291 g/mol. The van der Waals surface area contributed by atoms with E-state index in [1.165, 1.54) is 4.68 Å². The Morgan fingerprint density at radius 3 is 2.68 bits per heavy atom. The zero-order valence-corrected chi connectivity index (χ0v) is 11.1. The molecule has 4 nitrogen and oxygen atoms in total. The Kier molecular flexibility index (Phi) is 2.97. The minimum absolute atomic E-state index is 0.324. The van der Waals surface area contributed by atoms with Crippen LogP contribution in [0, 0.1) is 0 Å². The van der Waals surface area contributed by atoms with Crippen molar-refractivity contribution < 1.29 is 4.79 Å². The Bertz CT molecular complexity index is 782. The fourth-order valence-electron chi connectivity index (χ4n) is 1.80. The van der Waals surface area contributed by atoms with Gasteiger partial charge in [-0.3, -0.25) is 4.79 Å². The van der Waals surface area contributed by atoms with Crippen molar-refractivity contribution in [1.29, 1.82) is 0 Å². The van der Waals surface area contributed by atoms with Crippen molar-refractivity contribution in [3.05, 3.63) is 58.1 Å². The lowest BCUT2D eigenvalue weighted by molar-refractivity contribution is 0.0948. The van der Waals surface area contributed by atoms with E-state index >= 15 is 0 Å². The van der Waals surface area contributed by atoms with Gasteiger partial charge in [-0.25, -0.2) is 0 Å². The van der Waals surface area contributed by atoms with Gasteiger partial charge in [0.05, 0.1) is 16.1 Å². The van der Waals surface area contributed by atoms with E-state index in [0.717, 1.165) is 0 Å². The quantitative estimate of drug-likeness (QED) is 0.690. The van der Waals surface area contributed by atoms with Crippen molar-refractivity contribution in [2.24, 2.45) is 0 Å². The van der Waals surface area contributed by atoms with E-state index in [1.54, 1.807) is 42.5 Å². The Morgan fingerprint density at radius 1 is 1.11 bits per heavy atom.